The van der Waals surface area contributed by atoms with Gasteiger partial charge in [0.25, 0.3) is 0 Å². The van der Waals surface area contributed by atoms with Crippen LogP contribution in [0.3, 0.4) is 0 Å². The fourth-order valence-corrected chi connectivity index (χ4v) is 4.06. The Hall–Kier alpha value is -2.79. The monoisotopic (exact) mass is 466 g/mol. The number of nitrogens with zero attached hydrogens (tertiary/aromatic N) is 1. The van der Waals surface area contributed by atoms with E-state index in [1.54, 1.807) is 12.1 Å². The van der Waals surface area contributed by atoms with E-state index in [1.807, 2.05) is 6.26 Å². The lowest BCUT2D eigenvalue weighted by molar-refractivity contribution is -0.144. The van der Waals surface area contributed by atoms with E-state index in [-0.39, 0.29) is 25.1 Å². The van der Waals surface area contributed by atoms with Crippen molar-refractivity contribution < 1.29 is 29.4 Å². The highest BCUT2D eigenvalue weighted by atomic mass is 32.2. The van der Waals surface area contributed by atoms with Crippen LogP contribution in [0.15, 0.2) is 24.3 Å². The van der Waals surface area contributed by atoms with E-state index in [2.05, 4.69) is 10.6 Å². The SMILES string of the molecule is CSCCC(NC(=O)C1CCCN1C(=O)C(Cc1ccc(O)cc1)NC(=O)CN)C(=O)O. The topological polar surface area (TPSA) is 162 Å². The molecule has 0 radical (unpaired) electrons. The van der Waals surface area contributed by atoms with Crippen LogP contribution in [0.4, 0.5) is 0 Å². The number of carboxylic acid groups (broad SMARTS) is 1. The molecular weight excluding hydrogens is 436 g/mol. The summed E-state index contributed by atoms with van der Waals surface area (Å²) in [5.41, 5.74) is 6.10. The van der Waals surface area contributed by atoms with Crippen LogP contribution in [0, 0.1) is 0 Å². The van der Waals surface area contributed by atoms with Gasteiger partial charge in [0.15, 0.2) is 0 Å². The van der Waals surface area contributed by atoms with Gasteiger partial charge in [-0.3, -0.25) is 14.4 Å². The predicted octanol–water partition coefficient (Wildman–Crippen LogP) is -0.308. The van der Waals surface area contributed by atoms with E-state index < -0.39 is 41.8 Å². The summed E-state index contributed by atoms with van der Waals surface area (Å²) in [4.78, 5) is 50.9. The van der Waals surface area contributed by atoms with Crippen molar-refractivity contribution in [2.45, 2.75) is 43.8 Å². The first-order valence-electron chi connectivity index (χ1n) is 10.4. The Labute approximate surface area is 190 Å². The second-order valence-corrected chi connectivity index (χ2v) is 8.55. The number of thioether (sulfide) groups is 1. The van der Waals surface area contributed by atoms with Crippen molar-refractivity contribution >= 4 is 35.5 Å². The van der Waals surface area contributed by atoms with Gasteiger partial charge in [0.1, 0.15) is 23.9 Å². The molecular formula is C21H30N4O6S. The lowest BCUT2D eigenvalue weighted by Gasteiger charge is -2.29. The molecule has 3 amide bonds. The largest absolute Gasteiger partial charge is 0.508 e. The summed E-state index contributed by atoms with van der Waals surface area (Å²) in [6.45, 7) is 0.0308. The molecule has 0 saturated carbocycles. The molecule has 3 unspecified atom stereocenters. The molecule has 1 fully saturated rings. The van der Waals surface area contributed by atoms with E-state index >= 15 is 0 Å². The Balaban J connectivity index is 2.15. The first-order chi connectivity index (χ1) is 15.3. The van der Waals surface area contributed by atoms with Crippen LogP contribution in [0.25, 0.3) is 0 Å². The van der Waals surface area contributed by atoms with Crippen molar-refractivity contribution in [2.24, 2.45) is 5.73 Å². The number of phenols is 1. The van der Waals surface area contributed by atoms with Gasteiger partial charge in [-0.1, -0.05) is 12.1 Å². The Bertz CT molecular complexity index is 819. The van der Waals surface area contributed by atoms with Crippen molar-refractivity contribution in [3.05, 3.63) is 29.8 Å². The maximum Gasteiger partial charge on any atom is 0.326 e. The number of likely N-dealkylation sites (tertiary alicyclic amines) is 1. The number of nitrogens with one attached hydrogen (secondary N) is 2. The summed E-state index contributed by atoms with van der Waals surface area (Å²) in [6.07, 6.45) is 3.27. The molecule has 0 aliphatic carbocycles. The minimum atomic E-state index is -1.12. The Morgan fingerprint density at radius 3 is 2.47 bits per heavy atom. The molecule has 1 saturated heterocycles. The number of rotatable bonds is 11. The van der Waals surface area contributed by atoms with E-state index in [0.717, 1.165) is 0 Å². The maximum atomic E-state index is 13.3. The summed E-state index contributed by atoms with van der Waals surface area (Å²) in [7, 11) is 0. The van der Waals surface area contributed by atoms with E-state index in [1.165, 1.54) is 28.8 Å². The first kappa shape index (κ1) is 25.5. The molecule has 10 nitrogen and oxygen atoms in total. The van der Waals surface area contributed by atoms with Crippen molar-refractivity contribution in [3.8, 4) is 5.75 Å². The zero-order valence-electron chi connectivity index (χ0n) is 18.0. The predicted molar refractivity (Wildman–Crippen MR) is 120 cm³/mol. The molecule has 1 aliphatic heterocycles. The number of phenolic OH excluding ortho intramolecular Hbond substituents is 1. The molecule has 0 bridgehead atoms. The number of aliphatic carboxylic acids is 1. The number of carbonyl (C=O) groups excluding carboxylic acids is 3. The lowest BCUT2D eigenvalue weighted by atomic mass is 10.0. The number of hydrogen-bond donors (Lipinski definition) is 5. The highest BCUT2D eigenvalue weighted by molar-refractivity contribution is 7.98. The first-order valence-corrected chi connectivity index (χ1v) is 11.8. The summed E-state index contributed by atoms with van der Waals surface area (Å²) in [6, 6.07) is 3.45. The number of aromatic hydroxyl groups is 1. The van der Waals surface area contributed by atoms with Crippen LogP contribution in [0.1, 0.15) is 24.8 Å². The van der Waals surface area contributed by atoms with Gasteiger partial charge in [-0.15, -0.1) is 0 Å². The van der Waals surface area contributed by atoms with Crippen molar-refractivity contribution in [1.29, 1.82) is 0 Å². The van der Waals surface area contributed by atoms with Crippen LogP contribution in [0.2, 0.25) is 0 Å². The molecule has 1 aromatic carbocycles. The number of hydrogen-bond acceptors (Lipinski definition) is 7. The van der Waals surface area contributed by atoms with Gasteiger partial charge in [-0.25, -0.2) is 4.79 Å². The zero-order chi connectivity index (χ0) is 23.7. The molecule has 1 aromatic rings. The van der Waals surface area contributed by atoms with Gasteiger partial charge in [0, 0.05) is 13.0 Å². The van der Waals surface area contributed by atoms with Gasteiger partial charge >= 0.3 is 5.97 Å². The molecule has 0 spiro atoms. The molecule has 176 valence electrons. The van der Waals surface area contributed by atoms with Crippen LogP contribution in [-0.2, 0) is 25.6 Å². The van der Waals surface area contributed by atoms with Crippen molar-refractivity contribution in [2.75, 3.05) is 25.1 Å². The number of benzene rings is 1. The summed E-state index contributed by atoms with van der Waals surface area (Å²) < 4.78 is 0. The minimum absolute atomic E-state index is 0.0772. The fourth-order valence-electron chi connectivity index (χ4n) is 3.59. The van der Waals surface area contributed by atoms with Crippen LogP contribution < -0.4 is 16.4 Å². The summed E-state index contributed by atoms with van der Waals surface area (Å²) in [5.74, 6) is -1.93. The highest BCUT2D eigenvalue weighted by Gasteiger charge is 2.38. The molecule has 11 heteroatoms. The summed E-state index contributed by atoms with van der Waals surface area (Å²) >= 11 is 1.48. The Kier molecular flexibility index (Phi) is 9.79. The normalized spacial score (nSPS) is 17.4. The molecule has 6 N–H and O–H groups in total. The van der Waals surface area contributed by atoms with Gasteiger partial charge in [-0.2, -0.15) is 11.8 Å². The zero-order valence-corrected chi connectivity index (χ0v) is 18.8. The van der Waals surface area contributed by atoms with Crippen LogP contribution in [0.5, 0.6) is 5.75 Å². The quantitative estimate of drug-likeness (QED) is 0.297. The lowest BCUT2D eigenvalue weighted by Crippen LogP contribution is -2.56. The van der Waals surface area contributed by atoms with Gasteiger partial charge in [0.2, 0.25) is 17.7 Å². The minimum Gasteiger partial charge on any atom is -0.508 e. The standard InChI is InChI=1S/C21H30N4O6S/c1-32-10-8-15(21(30)31)24-19(28)17-3-2-9-25(17)20(29)16(23-18(27)12-22)11-13-4-6-14(26)7-5-13/h4-7,15-17,26H,2-3,8-12,22H2,1H3,(H,23,27)(H,24,28)(H,30,31). The van der Waals surface area contributed by atoms with E-state index in [9.17, 15) is 29.4 Å². The second kappa shape index (κ2) is 12.3. The van der Waals surface area contributed by atoms with Crippen LogP contribution >= 0.6 is 11.8 Å². The Morgan fingerprint density at radius 2 is 1.88 bits per heavy atom. The third-order valence-corrected chi connectivity index (χ3v) is 5.90. The summed E-state index contributed by atoms with van der Waals surface area (Å²) in [5, 5.41) is 24.0. The Morgan fingerprint density at radius 1 is 1.19 bits per heavy atom. The van der Waals surface area contributed by atoms with Crippen molar-refractivity contribution in [3.63, 3.8) is 0 Å². The molecule has 0 aromatic heterocycles. The van der Waals surface area contributed by atoms with Gasteiger partial charge < -0.3 is 31.5 Å². The highest BCUT2D eigenvalue weighted by Crippen LogP contribution is 2.21. The molecule has 32 heavy (non-hydrogen) atoms. The average molecular weight is 467 g/mol. The van der Waals surface area contributed by atoms with E-state index in [4.69, 9.17) is 5.73 Å². The third kappa shape index (κ3) is 7.13. The molecule has 1 aliphatic rings. The van der Waals surface area contributed by atoms with Gasteiger partial charge in [0.05, 0.1) is 6.54 Å². The number of nitrogens with two attached hydrogens (primary N) is 1. The smallest absolute Gasteiger partial charge is 0.326 e. The number of carboxylic acids is 1. The van der Waals surface area contributed by atoms with Gasteiger partial charge in [-0.05, 0) is 49.0 Å². The van der Waals surface area contributed by atoms with Crippen LogP contribution in [-0.4, -0.2) is 82.0 Å². The molecule has 2 rings (SSSR count). The second-order valence-electron chi connectivity index (χ2n) is 7.57. The molecule has 3 atom stereocenters. The van der Waals surface area contributed by atoms with Crippen molar-refractivity contribution in [1.82, 2.24) is 15.5 Å². The fraction of sp³-hybridized carbons (Fsp3) is 0.524. The average Bonchev–Trinajstić information content (AvgIpc) is 3.26. The molecule has 1 heterocycles. The van der Waals surface area contributed by atoms with E-state index in [0.29, 0.717) is 30.7 Å². The maximum absolute atomic E-state index is 13.3. The number of amides is 3. The third-order valence-electron chi connectivity index (χ3n) is 5.26. The number of carbonyl (C=O) groups is 4.